The lowest BCUT2D eigenvalue weighted by Gasteiger charge is -2.03. The van der Waals surface area contributed by atoms with Gasteiger partial charge in [-0.1, -0.05) is 12.1 Å². The van der Waals surface area contributed by atoms with Crippen molar-refractivity contribution in [2.45, 2.75) is 6.54 Å². The van der Waals surface area contributed by atoms with Crippen LogP contribution < -0.4 is 5.73 Å². The van der Waals surface area contributed by atoms with Gasteiger partial charge in [0, 0.05) is 11.8 Å². The quantitative estimate of drug-likeness (QED) is 0.829. The minimum absolute atomic E-state index is 0.0129. The number of carboxylic acids is 1. The number of carbonyl (C=O) groups excluding carboxylic acids is 1. The molecular formula is C12H11N3O3. The molecule has 0 spiro atoms. The molecular weight excluding hydrogens is 234 g/mol. The number of nitrogens with zero attached hydrogens (tertiary/aromatic N) is 2. The van der Waals surface area contributed by atoms with Crippen molar-refractivity contribution < 1.29 is 14.7 Å². The van der Waals surface area contributed by atoms with Crippen molar-refractivity contribution in [3.05, 3.63) is 53.3 Å². The van der Waals surface area contributed by atoms with Crippen LogP contribution in [-0.2, 0) is 6.54 Å². The largest absolute Gasteiger partial charge is 0.476 e. The third-order valence-corrected chi connectivity index (χ3v) is 2.42. The maximum Gasteiger partial charge on any atom is 0.356 e. The Kier molecular flexibility index (Phi) is 3.09. The van der Waals surface area contributed by atoms with Crippen LogP contribution >= 0.6 is 0 Å². The summed E-state index contributed by atoms with van der Waals surface area (Å²) in [4.78, 5) is 21.7. The van der Waals surface area contributed by atoms with Crippen LogP contribution in [-0.4, -0.2) is 26.8 Å². The average Bonchev–Trinajstić information content (AvgIpc) is 2.78. The van der Waals surface area contributed by atoms with Crippen LogP contribution in [0.15, 0.2) is 36.5 Å². The Morgan fingerprint density at radius 3 is 2.72 bits per heavy atom. The fourth-order valence-corrected chi connectivity index (χ4v) is 1.57. The molecule has 2 rings (SSSR count). The molecule has 0 aliphatic heterocycles. The van der Waals surface area contributed by atoms with Crippen LogP contribution in [0.1, 0.15) is 26.4 Å². The second-order valence-electron chi connectivity index (χ2n) is 3.77. The second-order valence-corrected chi connectivity index (χ2v) is 3.77. The van der Waals surface area contributed by atoms with Gasteiger partial charge in [0.25, 0.3) is 0 Å². The first kappa shape index (κ1) is 11.8. The van der Waals surface area contributed by atoms with Crippen molar-refractivity contribution in [1.82, 2.24) is 9.78 Å². The molecule has 0 saturated carbocycles. The zero-order chi connectivity index (χ0) is 13.1. The van der Waals surface area contributed by atoms with Crippen LogP contribution in [0.5, 0.6) is 0 Å². The van der Waals surface area contributed by atoms with Gasteiger partial charge in [-0.05, 0) is 23.8 Å². The van der Waals surface area contributed by atoms with Gasteiger partial charge in [0.2, 0.25) is 5.91 Å². The Hall–Kier alpha value is -2.63. The van der Waals surface area contributed by atoms with Gasteiger partial charge in [0.1, 0.15) is 0 Å². The zero-order valence-electron chi connectivity index (χ0n) is 9.41. The summed E-state index contributed by atoms with van der Waals surface area (Å²) in [6, 6.07) is 8.23. The number of aromatic carboxylic acids is 1. The van der Waals surface area contributed by atoms with Crippen molar-refractivity contribution in [1.29, 1.82) is 0 Å². The minimum atomic E-state index is -1.07. The molecule has 92 valence electrons. The van der Waals surface area contributed by atoms with Gasteiger partial charge >= 0.3 is 5.97 Å². The summed E-state index contributed by atoms with van der Waals surface area (Å²) in [5.74, 6) is -1.57. The Morgan fingerprint density at radius 1 is 1.33 bits per heavy atom. The van der Waals surface area contributed by atoms with Crippen LogP contribution in [0.25, 0.3) is 0 Å². The highest BCUT2D eigenvalue weighted by Crippen LogP contribution is 2.07. The predicted molar refractivity (Wildman–Crippen MR) is 63.2 cm³/mol. The maximum absolute atomic E-state index is 11.0. The van der Waals surface area contributed by atoms with Gasteiger partial charge in [0.05, 0.1) is 6.54 Å². The average molecular weight is 245 g/mol. The summed E-state index contributed by atoms with van der Waals surface area (Å²) in [6.07, 6.45) is 1.57. The summed E-state index contributed by atoms with van der Waals surface area (Å²) in [5, 5.41) is 12.6. The second kappa shape index (κ2) is 4.70. The number of hydrogen-bond donors (Lipinski definition) is 2. The number of hydrogen-bond acceptors (Lipinski definition) is 3. The highest BCUT2D eigenvalue weighted by atomic mass is 16.4. The Morgan fingerprint density at radius 2 is 2.11 bits per heavy atom. The molecule has 1 aromatic heterocycles. The van der Waals surface area contributed by atoms with Gasteiger partial charge in [0.15, 0.2) is 5.69 Å². The molecule has 1 heterocycles. The number of aromatic nitrogens is 2. The van der Waals surface area contributed by atoms with E-state index in [-0.39, 0.29) is 5.69 Å². The number of amides is 1. The van der Waals surface area contributed by atoms with E-state index < -0.39 is 11.9 Å². The van der Waals surface area contributed by atoms with Crippen molar-refractivity contribution in [2.24, 2.45) is 5.73 Å². The van der Waals surface area contributed by atoms with Gasteiger partial charge in [-0.25, -0.2) is 4.79 Å². The maximum atomic E-state index is 11.0. The topological polar surface area (TPSA) is 98.2 Å². The molecule has 0 unspecified atom stereocenters. The minimum Gasteiger partial charge on any atom is -0.476 e. The van der Waals surface area contributed by atoms with Gasteiger partial charge in [-0.15, -0.1) is 0 Å². The van der Waals surface area contributed by atoms with Crippen molar-refractivity contribution in [3.8, 4) is 0 Å². The first-order chi connectivity index (χ1) is 8.56. The third kappa shape index (κ3) is 2.54. The van der Waals surface area contributed by atoms with E-state index in [2.05, 4.69) is 5.10 Å². The summed E-state index contributed by atoms with van der Waals surface area (Å²) in [5.41, 5.74) is 6.41. The number of rotatable bonds is 4. The van der Waals surface area contributed by atoms with E-state index in [1.807, 2.05) is 6.07 Å². The first-order valence-corrected chi connectivity index (χ1v) is 5.22. The van der Waals surface area contributed by atoms with Crippen LogP contribution in [0.4, 0.5) is 0 Å². The van der Waals surface area contributed by atoms with Gasteiger partial charge in [-0.2, -0.15) is 5.10 Å². The lowest BCUT2D eigenvalue weighted by molar-refractivity contribution is 0.0689. The number of benzene rings is 1. The predicted octanol–water partition coefficient (Wildman–Crippen LogP) is 0.729. The molecule has 0 atom stereocenters. The molecule has 0 bridgehead atoms. The molecule has 6 nitrogen and oxygen atoms in total. The van der Waals surface area contributed by atoms with E-state index in [1.54, 1.807) is 24.4 Å². The summed E-state index contributed by atoms with van der Waals surface area (Å²) in [6.45, 7) is 0.383. The smallest absolute Gasteiger partial charge is 0.356 e. The molecule has 1 aromatic carbocycles. The Bertz CT molecular complexity index is 604. The molecule has 0 aliphatic carbocycles. The number of primary amides is 1. The summed E-state index contributed by atoms with van der Waals surface area (Å²) in [7, 11) is 0. The van der Waals surface area contributed by atoms with Crippen LogP contribution in [0.3, 0.4) is 0 Å². The molecule has 1 amide bonds. The molecule has 0 aliphatic rings. The molecule has 0 fully saturated rings. The van der Waals surface area contributed by atoms with E-state index in [4.69, 9.17) is 10.8 Å². The molecule has 0 saturated heterocycles. The Balaban J connectivity index is 2.20. The SMILES string of the molecule is NC(=O)c1cccc(Cn2ccc(C(=O)O)n2)c1. The van der Waals surface area contributed by atoms with Crippen molar-refractivity contribution in [3.63, 3.8) is 0 Å². The fraction of sp³-hybridized carbons (Fsp3) is 0.0833. The zero-order valence-corrected chi connectivity index (χ0v) is 9.41. The van der Waals surface area contributed by atoms with Crippen LogP contribution in [0.2, 0.25) is 0 Å². The highest BCUT2D eigenvalue weighted by Gasteiger charge is 2.07. The number of nitrogens with two attached hydrogens (primary N) is 1. The van der Waals surface area contributed by atoms with Crippen molar-refractivity contribution >= 4 is 11.9 Å². The third-order valence-electron chi connectivity index (χ3n) is 2.42. The van der Waals surface area contributed by atoms with Gasteiger partial charge in [-0.3, -0.25) is 9.48 Å². The van der Waals surface area contributed by atoms with Crippen LogP contribution in [0, 0.1) is 0 Å². The number of carbonyl (C=O) groups is 2. The highest BCUT2D eigenvalue weighted by molar-refractivity contribution is 5.92. The van der Waals surface area contributed by atoms with E-state index >= 15 is 0 Å². The summed E-state index contributed by atoms with van der Waals surface area (Å²) >= 11 is 0. The molecule has 18 heavy (non-hydrogen) atoms. The lowest BCUT2D eigenvalue weighted by Crippen LogP contribution is -2.11. The molecule has 6 heteroatoms. The number of carboxylic acid groups (broad SMARTS) is 1. The monoisotopic (exact) mass is 245 g/mol. The van der Waals surface area contributed by atoms with Gasteiger partial charge < -0.3 is 10.8 Å². The van der Waals surface area contributed by atoms with E-state index in [0.29, 0.717) is 12.1 Å². The molecule has 2 aromatic rings. The normalized spacial score (nSPS) is 10.2. The molecule has 3 N–H and O–H groups in total. The van der Waals surface area contributed by atoms with E-state index in [0.717, 1.165) is 5.56 Å². The van der Waals surface area contributed by atoms with Crippen molar-refractivity contribution in [2.75, 3.05) is 0 Å². The summed E-state index contributed by atoms with van der Waals surface area (Å²) < 4.78 is 1.49. The first-order valence-electron chi connectivity index (χ1n) is 5.22. The lowest BCUT2D eigenvalue weighted by atomic mass is 10.1. The standard InChI is InChI=1S/C12H11N3O3/c13-11(16)9-3-1-2-8(6-9)7-15-5-4-10(14-15)12(17)18/h1-6H,7H2,(H2,13,16)(H,17,18). The van der Waals surface area contributed by atoms with E-state index in [1.165, 1.54) is 10.7 Å². The Labute approximate surface area is 103 Å². The van der Waals surface area contributed by atoms with E-state index in [9.17, 15) is 9.59 Å². The fourth-order valence-electron chi connectivity index (χ4n) is 1.57. The molecule has 0 radical (unpaired) electrons.